The van der Waals surface area contributed by atoms with E-state index in [9.17, 15) is 4.79 Å². The normalized spacial score (nSPS) is 23.4. The number of thioether (sulfide) groups is 1. The van der Waals surface area contributed by atoms with Crippen molar-refractivity contribution in [3.63, 3.8) is 0 Å². The van der Waals surface area contributed by atoms with Gasteiger partial charge in [-0.3, -0.25) is 4.79 Å². The maximum absolute atomic E-state index is 11.5. The zero-order valence-corrected chi connectivity index (χ0v) is 9.24. The highest BCUT2D eigenvalue weighted by Crippen LogP contribution is 2.18. The van der Waals surface area contributed by atoms with Crippen LogP contribution in [0.25, 0.3) is 0 Å². The molecule has 1 saturated heterocycles. The molecule has 0 aromatic rings. The molecule has 0 atom stereocenters. The zero-order chi connectivity index (χ0) is 9.80. The van der Waals surface area contributed by atoms with E-state index in [-0.39, 0.29) is 5.91 Å². The molecule has 2 fully saturated rings. The molecular weight excluding hydrogens is 196 g/mol. The van der Waals surface area contributed by atoms with Crippen LogP contribution in [0.2, 0.25) is 0 Å². The first kappa shape index (κ1) is 10.3. The first-order valence-electron chi connectivity index (χ1n) is 5.45. The van der Waals surface area contributed by atoms with Crippen molar-refractivity contribution in [3.05, 3.63) is 0 Å². The van der Waals surface area contributed by atoms with E-state index in [0.29, 0.717) is 18.6 Å². The average Bonchev–Trinajstić information content (AvgIpc) is 3.00. The van der Waals surface area contributed by atoms with Crippen molar-refractivity contribution in [1.29, 1.82) is 0 Å². The number of rotatable bonds is 4. The molecule has 0 radical (unpaired) electrons. The minimum Gasteiger partial charge on any atom is -0.352 e. The van der Waals surface area contributed by atoms with E-state index in [2.05, 4.69) is 10.6 Å². The Kier molecular flexibility index (Phi) is 3.70. The molecule has 80 valence electrons. The molecule has 0 aromatic carbocycles. The maximum atomic E-state index is 11.5. The van der Waals surface area contributed by atoms with E-state index < -0.39 is 0 Å². The van der Waals surface area contributed by atoms with Crippen LogP contribution in [0.15, 0.2) is 0 Å². The van der Waals surface area contributed by atoms with E-state index in [0.717, 1.165) is 12.8 Å². The van der Waals surface area contributed by atoms with E-state index in [4.69, 9.17) is 0 Å². The minimum absolute atomic E-state index is 0.175. The molecule has 0 bridgehead atoms. The fourth-order valence-corrected chi connectivity index (χ4v) is 2.75. The third kappa shape index (κ3) is 3.50. The van der Waals surface area contributed by atoms with Gasteiger partial charge in [0.05, 0.1) is 6.54 Å². The summed E-state index contributed by atoms with van der Waals surface area (Å²) in [4.78, 5) is 11.5. The molecule has 1 aliphatic carbocycles. The van der Waals surface area contributed by atoms with E-state index >= 15 is 0 Å². The van der Waals surface area contributed by atoms with Crippen LogP contribution in [-0.4, -0.2) is 36.0 Å². The first-order valence-corrected chi connectivity index (χ1v) is 6.60. The van der Waals surface area contributed by atoms with Crippen LogP contribution < -0.4 is 10.6 Å². The Morgan fingerprint density at radius 3 is 2.50 bits per heavy atom. The number of carbonyl (C=O) groups is 1. The van der Waals surface area contributed by atoms with Crippen LogP contribution in [0.3, 0.4) is 0 Å². The van der Waals surface area contributed by atoms with Gasteiger partial charge in [0, 0.05) is 12.1 Å². The van der Waals surface area contributed by atoms with E-state index in [1.807, 2.05) is 11.8 Å². The van der Waals surface area contributed by atoms with Crippen molar-refractivity contribution in [1.82, 2.24) is 10.6 Å². The quantitative estimate of drug-likeness (QED) is 0.725. The number of carbonyl (C=O) groups excluding carboxylic acids is 1. The molecule has 2 aliphatic rings. The standard InChI is InChI=1S/C10H18N2OS/c13-10(7-11-8-1-2-8)12-9-3-5-14-6-4-9/h8-9,11H,1-7H2,(H,12,13). The minimum atomic E-state index is 0.175. The van der Waals surface area contributed by atoms with Crippen molar-refractivity contribution in [3.8, 4) is 0 Å². The monoisotopic (exact) mass is 214 g/mol. The summed E-state index contributed by atoms with van der Waals surface area (Å²) in [5.41, 5.74) is 0. The summed E-state index contributed by atoms with van der Waals surface area (Å²) >= 11 is 1.99. The van der Waals surface area contributed by atoms with Gasteiger partial charge in [0.15, 0.2) is 0 Å². The fraction of sp³-hybridized carbons (Fsp3) is 0.900. The molecule has 1 heterocycles. The van der Waals surface area contributed by atoms with Crippen molar-refractivity contribution in [2.45, 2.75) is 37.8 Å². The summed E-state index contributed by atoms with van der Waals surface area (Å²) in [5.74, 6) is 2.57. The van der Waals surface area contributed by atoms with Gasteiger partial charge in [-0.2, -0.15) is 11.8 Å². The van der Waals surface area contributed by atoms with Gasteiger partial charge >= 0.3 is 0 Å². The van der Waals surface area contributed by atoms with Crippen LogP contribution in [-0.2, 0) is 4.79 Å². The van der Waals surface area contributed by atoms with Gasteiger partial charge < -0.3 is 10.6 Å². The van der Waals surface area contributed by atoms with E-state index in [1.54, 1.807) is 0 Å². The maximum Gasteiger partial charge on any atom is 0.234 e. The Balaban J connectivity index is 1.59. The van der Waals surface area contributed by atoms with Crippen LogP contribution in [0, 0.1) is 0 Å². The Bertz CT molecular complexity index is 200. The van der Waals surface area contributed by atoms with Crippen LogP contribution in [0.5, 0.6) is 0 Å². The van der Waals surface area contributed by atoms with Gasteiger partial charge in [0.25, 0.3) is 0 Å². The molecule has 0 unspecified atom stereocenters. The fourth-order valence-electron chi connectivity index (χ4n) is 1.65. The van der Waals surface area contributed by atoms with Crippen molar-refractivity contribution >= 4 is 17.7 Å². The Morgan fingerprint density at radius 2 is 1.86 bits per heavy atom. The largest absolute Gasteiger partial charge is 0.352 e. The second kappa shape index (κ2) is 5.03. The van der Waals surface area contributed by atoms with Crippen LogP contribution in [0.1, 0.15) is 25.7 Å². The molecule has 1 saturated carbocycles. The Morgan fingerprint density at radius 1 is 1.14 bits per heavy atom. The summed E-state index contributed by atoms with van der Waals surface area (Å²) in [6.07, 6.45) is 4.76. The summed E-state index contributed by atoms with van der Waals surface area (Å²) in [5, 5.41) is 6.32. The number of nitrogens with one attached hydrogen (secondary N) is 2. The molecule has 0 aromatic heterocycles. The third-order valence-corrected chi connectivity index (χ3v) is 3.76. The highest BCUT2D eigenvalue weighted by atomic mass is 32.2. The second-order valence-electron chi connectivity index (χ2n) is 4.11. The number of hydrogen-bond acceptors (Lipinski definition) is 3. The molecule has 4 heteroatoms. The molecule has 1 amide bonds. The third-order valence-electron chi connectivity index (χ3n) is 2.72. The van der Waals surface area contributed by atoms with E-state index in [1.165, 1.54) is 24.3 Å². The Labute approximate surface area is 89.4 Å². The molecule has 14 heavy (non-hydrogen) atoms. The lowest BCUT2D eigenvalue weighted by molar-refractivity contribution is -0.121. The first-order chi connectivity index (χ1) is 6.84. The topological polar surface area (TPSA) is 41.1 Å². The van der Waals surface area contributed by atoms with Gasteiger partial charge in [0.2, 0.25) is 5.91 Å². The molecule has 2 rings (SSSR count). The predicted molar refractivity (Wildman–Crippen MR) is 59.5 cm³/mol. The lowest BCUT2D eigenvalue weighted by Crippen LogP contribution is -2.42. The molecule has 0 spiro atoms. The number of hydrogen-bond donors (Lipinski definition) is 2. The lowest BCUT2D eigenvalue weighted by atomic mass is 10.1. The second-order valence-corrected chi connectivity index (χ2v) is 5.33. The lowest BCUT2D eigenvalue weighted by Gasteiger charge is -2.22. The predicted octanol–water partition coefficient (Wildman–Crippen LogP) is 0.750. The van der Waals surface area contributed by atoms with Crippen molar-refractivity contribution < 1.29 is 4.79 Å². The molecule has 1 aliphatic heterocycles. The molecule has 3 nitrogen and oxygen atoms in total. The van der Waals surface area contributed by atoms with Gasteiger partial charge in [-0.05, 0) is 37.2 Å². The smallest absolute Gasteiger partial charge is 0.234 e. The van der Waals surface area contributed by atoms with Gasteiger partial charge in [-0.1, -0.05) is 0 Å². The highest BCUT2D eigenvalue weighted by molar-refractivity contribution is 7.99. The van der Waals surface area contributed by atoms with Gasteiger partial charge in [-0.15, -0.1) is 0 Å². The summed E-state index contributed by atoms with van der Waals surface area (Å²) in [6.45, 7) is 0.508. The summed E-state index contributed by atoms with van der Waals surface area (Å²) in [7, 11) is 0. The molecule has 2 N–H and O–H groups in total. The van der Waals surface area contributed by atoms with Gasteiger partial charge in [-0.25, -0.2) is 0 Å². The van der Waals surface area contributed by atoms with Crippen molar-refractivity contribution in [2.24, 2.45) is 0 Å². The average molecular weight is 214 g/mol. The van der Waals surface area contributed by atoms with Gasteiger partial charge in [0.1, 0.15) is 0 Å². The van der Waals surface area contributed by atoms with Crippen molar-refractivity contribution in [2.75, 3.05) is 18.1 Å². The van der Waals surface area contributed by atoms with Crippen LogP contribution in [0.4, 0.5) is 0 Å². The number of amides is 1. The Hall–Kier alpha value is -0.220. The zero-order valence-electron chi connectivity index (χ0n) is 8.42. The summed E-state index contributed by atoms with van der Waals surface area (Å²) < 4.78 is 0. The summed E-state index contributed by atoms with van der Waals surface area (Å²) in [6, 6.07) is 1.06. The SMILES string of the molecule is O=C(CNC1CC1)NC1CCSCC1. The molecular formula is C10H18N2OS. The van der Waals surface area contributed by atoms with Crippen LogP contribution >= 0.6 is 11.8 Å². The highest BCUT2D eigenvalue weighted by Gasteiger charge is 2.22.